The molecule has 24 heavy (non-hydrogen) atoms. The third-order valence-corrected chi connectivity index (χ3v) is 4.10. The van der Waals surface area contributed by atoms with Crippen LogP contribution in [0.2, 0.25) is 0 Å². The van der Waals surface area contributed by atoms with E-state index < -0.39 is 0 Å². The summed E-state index contributed by atoms with van der Waals surface area (Å²) in [6, 6.07) is 12.7. The molecule has 2 heterocycles. The molecule has 0 saturated carbocycles. The second kappa shape index (κ2) is 7.21. The van der Waals surface area contributed by atoms with Gasteiger partial charge in [-0.05, 0) is 43.5 Å². The molecule has 0 aliphatic heterocycles. The van der Waals surface area contributed by atoms with Crippen molar-refractivity contribution in [3.8, 4) is 0 Å². The number of pyridine rings is 1. The van der Waals surface area contributed by atoms with Gasteiger partial charge in [0.25, 0.3) is 0 Å². The molecule has 0 fully saturated rings. The second-order valence-corrected chi connectivity index (χ2v) is 5.91. The number of anilines is 1. The molecule has 1 N–H and O–H groups in total. The van der Waals surface area contributed by atoms with Crippen molar-refractivity contribution >= 4 is 5.82 Å². The van der Waals surface area contributed by atoms with Crippen LogP contribution in [0.1, 0.15) is 41.0 Å². The molecule has 0 unspecified atom stereocenters. The van der Waals surface area contributed by atoms with E-state index in [-0.39, 0.29) is 6.04 Å². The molecule has 0 saturated heterocycles. The van der Waals surface area contributed by atoms with Crippen molar-refractivity contribution < 1.29 is 0 Å². The number of hydrogen-bond donors (Lipinski definition) is 1. The van der Waals surface area contributed by atoms with Gasteiger partial charge in [-0.2, -0.15) is 0 Å². The van der Waals surface area contributed by atoms with Crippen molar-refractivity contribution in [1.82, 2.24) is 15.0 Å². The van der Waals surface area contributed by atoms with Crippen LogP contribution in [-0.4, -0.2) is 15.0 Å². The van der Waals surface area contributed by atoms with E-state index in [0.29, 0.717) is 0 Å². The third kappa shape index (κ3) is 3.59. The lowest BCUT2D eigenvalue weighted by molar-refractivity contribution is 0.892. The van der Waals surface area contributed by atoms with Gasteiger partial charge in [0.1, 0.15) is 11.6 Å². The molecular formula is C20H22N4. The predicted octanol–water partition coefficient (Wildman–Crippen LogP) is 4.25. The first-order valence-corrected chi connectivity index (χ1v) is 8.23. The molecule has 0 spiro atoms. The van der Waals surface area contributed by atoms with Crippen LogP contribution in [0.25, 0.3) is 0 Å². The SMILES string of the molecule is CCc1cnc(C)nc1N[C@H](c1ccncc1)c1ccc(C)cc1. The average molecular weight is 318 g/mol. The highest BCUT2D eigenvalue weighted by atomic mass is 15.1. The van der Waals surface area contributed by atoms with Crippen molar-refractivity contribution in [2.45, 2.75) is 33.2 Å². The van der Waals surface area contributed by atoms with E-state index >= 15 is 0 Å². The van der Waals surface area contributed by atoms with Crippen LogP contribution in [0.4, 0.5) is 5.82 Å². The Labute approximate surface area is 143 Å². The van der Waals surface area contributed by atoms with Crippen molar-refractivity contribution in [2.75, 3.05) is 5.32 Å². The highest BCUT2D eigenvalue weighted by Crippen LogP contribution is 2.27. The molecule has 1 atom stereocenters. The van der Waals surface area contributed by atoms with Crippen LogP contribution in [0.5, 0.6) is 0 Å². The summed E-state index contributed by atoms with van der Waals surface area (Å²) in [6.07, 6.45) is 6.44. The van der Waals surface area contributed by atoms with Gasteiger partial charge in [0.2, 0.25) is 0 Å². The second-order valence-electron chi connectivity index (χ2n) is 5.91. The molecule has 0 aliphatic carbocycles. The standard InChI is InChI=1S/C20H22N4/c1-4-16-13-22-15(3)23-20(16)24-19(18-9-11-21-12-10-18)17-7-5-14(2)6-8-17/h5-13,19H,4H2,1-3H3,(H,22,23,24)/t19-/m0/s1. The van der Waals surface area contributed by atoms with Gasteiger partial charge in [-0.3, -0.25) is 4.98 Å². The Bertz CT molecular complexity index is 798. The summed E-state index contributed by atoms with van der Waals surface area (Å²) >= 11 is 0. The zero-order chi connectivity index (χ0) is 16.9. The fourth-order valence-corrected chi connectivity index (χ4v) is 2.69. The van der Waals surface area contributed by atoms with Crippen molar-refractivity contribution in [3.05, 3.63) is 83.1 Å². The lowest BCUT2D eigenvalue weighted by Gasteiger charge is -2.22. The lowest BCUT2D eigenvalue weighted by Crippen LogP contribution is -2.15. The van der Waals surface area contributed by atoms with Gasteiger partial charge >= 0.3 is 0 Å². The zero-order valence-corrected chi connectivity index (χ0v) is 14.3. The first-order valence-electron chi connectivity index (χ1n) is 8.23. The van der Waals surface area contributed by atoms with E-state index in [4.69, 9.17) is 0 Å². The summed E-state index contributed by atoms with van der Waals surface area (Å²) in [4.78, 5) is 13.1. The van der Waals surface area contributed by atoms with Crippen molar-refractivity contribution in [1.29, 1.82) is 0 Å². The van der Waals surface area contributed by atoms with E-state index in [1.54, 1.807) is 0 Å². The molecule has 3 rings (SSSR count). The highest BCUT2D eigenvalue weighted by molar-refractivity contribution is 5.49. The molecule has 4 nitrogen and oxygen atoms in total. The fraction of sp³-hybridized carbons (Fsp3) is 0.250. The minimum Gasteiger partial charge on any atom is -0.359 e. The Morgan fingerprint density at radius 2 is 1.62 bits per heavy atom. The van der Waals surface area contributed by atoms with Crippen molar-refractivity contribution in [2.24, 2.45) is 0 Å². The molecule has 2 aromatic heterocycles. The summed E-state index contributed by atoms with van der Waals surface area (Å²) in [5.41, 5.74) is 4.73. The Morgan fingerprint density at radius 1 is 0.958 bits per heavy atom. The fourth-order valence-electron chi connectivity index (χ4n) is 2.69. The first kappa shape index (κ1) is 16.1. The maximum atomic E-state index is 4.61. The van der Waals surface area contributed by atoms with Gasteiger partial charge in [0.05, 0.1) is 6.04 Å². The molecule has 0 amide bonds. The minimum absolute atomic E-state index is 0.0215. The maximum Gasteiger partial charge on any atom is 0.133 e. The van der Waals surface area contributed by atoms with Gasteiger partial charge in [0, 0.05) is 24.2 Å². The van der Waals surface area contributed by atoms with Gasteiger partial charge in [-0.25, -0.2) is 9.97 Å². The molecule has 0 radical (unpaired) electrons. The number of benzene rings is 1. The first-order chi connectivity index (χ1) is 11.7. The summed E-state index contributed by atoms with van der Waals surface area (Å²) < 4.78 is 0. The average Bonchev–Trinajstić information content (AvgIpc) is 2.61. The number of aryl methyl sites for hydroxylation is 3. The smallest absolute Gasteiger partial charge is 0.133 e. The van der Waals surface area contributed by atoms with E-state index in [1.807, 2.05) is 37.6 Å². The molecule has 3 aromatic rings. The van der Waals surface area contributed by atoms with E-state index in [1.165, 1.54) is 11.1 Å². The van der Waals surface area contributed by atoms with Gasteiger partial charge in [-0.1, -0.05) is 36.8 Å². The third-order valence-electron chi connectivity index (χ3n) is 4.10. The van der Waals surface area contributed by atoms with E-state index in [9.17, 15) is 0 Å². The predicted molar refractivity (Wildman–Crippen MR) is 97.0 cm³/mol. The Kier molecular flexibility index (Phi) is 4.85. The summed E-state index contributed by atoms with van der Waals surface area (Å²) in [6.45, 7) is 6.13. The molecule has 1 aromatic carbocycles. The molecular weight excluding hydrogens is 296 g/mol. The molecule has 4 heteroatoms. The number of rotatable bonds is 5. The molecule has 122 valence electrons. The largest absolute Gasteiger partial charge is 0.359 e. The number of hydrogen-bond acceptors (Lipinski definition) is 4. The van der Waals surface area contributed by atoms with Crippen LogP contribution in [0.3, 0.4) is 0 Å². The summed E-state index contributed by atoms with van der Waals surface area (Å²) in [7, 11) is 0. The monoisotopic (exact) mass is 318 g/mol. The minimum atomic E-state index is 0.0215. The Balaban J connectivity index is 2.02. The highest BCUT2D eigenvalue weighted by Gasteiger charge is 2.16. The van der Waals surface area contributed by atoms with Crippen LogP contribution in [0, 0.1) is 13.8 Å². The quantitative estimate of drug-likeness (QED) is 0.764. The molecule has 0 aliphatic rings. The number of nitrogens with zero attached hydrogens (tertiary/aromatic N) is 3. The Morgan fingerprint density at radius 3 is 2.29 bits per heavy atom. The maximum absolute atomic E-state index is 4.61. The van der Waals surface area contributed by atoms with Gasteiger partial charge in [-0.15, -0.1) is 0 Å². The Hall–Kier alpha value is -2.75. The van der Waals surface area contributed by atoms with Crippen LogP contribution >= 0.6 is 0 Å². The van der Waals surface area contributed by atoms with Crippen molar-refractivity contribution in [3.63, 3.8) is 0 Å². The summed E-state index contributed by atoms with van der Waals surface area (Å²) in [5.74, 6) is 1.67. The number of aromatic nitrogens is 3. The van der Waals surface area contributed by atoms with E-state index in [2.05, 4.69) is 58.4 Å². The van der Waals surface area contributed by atoms with Crippen LogP contribution in [0.15, 0.2) is 55.0 Å². The lowest BCUT2D eigenvalue weighted by atomic mass is 9.98. The van der Waals surface area contributed by atoms with Crippen LogP contribution < -0.4 is 5.32 Å². The molecule has 0 bridgehead atoms. The van der Waals surface area contributed by atoms with E-state index in [0.717, 1.165) is 29.2 Å². The zero-order valence-electron chi connectivity index (χ0n) is 14.3. The number of nitrogens with one attached hydrogen (secondary N) is 1. The van der Waals surface area contributed by atoms with Crippen LogP contribution in [-0.2, 0) is 6.42 Å². The summed E-state index contributed by atoms with van der Waals surface area (Å²) in [5, 5.41) is 3.61. The normalized spacial score (nSPS) is 12.0. The topological polar surface area (TPSA) is 50.7 Å². The van der Waals surface area contributed by atoms with Gasteiger partial charge < -0.3 is 5.32 Å². The van der Waals surface area contributed by atoms with Gasteiger partial charge in [0.15, 0.2) is 0 Å².